The van der Waals surface area contributed by atoms with Crippen LogP contribution in [-0.2, 0) is 12.8 Å². The van der Waals surface area contributed by atoms with E-state index in [0.717, 1.165) is 24.0 Å². The van der Waals surface area contributed by atoms with Crippen molar-refractivity contribution in [3.05, 3.63) is 69.5 Å². The highest BCUT2D eigenvalue weighted by atomic mass is 35.5. The molecule has 2 aromatic carbocycles. The number of nitrogens with one attached hydrogen (secondary N) is 1. The first-order valence-corrected chi connectivity index (χ1v) is 7.19. The Labute approximate surface area is 128 Å². The molecule has 0 spiro atoms. The van der Waals surface area contributed by atoms with Crippen molar-refractivity contribution in [3.63, 3.8) is 0 Å². The van der Waals surface area contributed by atoms with E-state index in [2.05, 4.69) is 5.32 Å². The van der Waals surface area contributed by atoms with Gasteiger partial charge in [-0.1, -0.05) is 41.4 Å². The van der Waals surface area contributed by atoms with Crippen LogP contribution < -0.4 is 5.32 Å². The molecule has 106 valence electrons. The van der Waals surface area contributed by atoms with Crippen molar-refractivity contribution >= 4 is 23.2 Å². The molecular formula is C16H16Cl2FN. The van der Waals surface area contributed by atoms with Crippen molar-refractivity contribution in [2.24, 2.45) is 0 Å². The maximum atomic E-state index is 13.2. The first kappa shape index (κ1) is 15.3. The van der Waals surface area contributed by atoms with Crippen LogP contribution in [0.4, 0.5) is 4.39 Å². The predicted molar refractivity (Wildman–Crippen MR) is 83.1 cm³/mol. The van der Waals surface area contributed by atoms with Crippen molar-refractivity contribution in [3.8, 4) is 0 Å². The number of hydrogen-bond acceptors (Lipinski definition) is 1. The molecule has 0 radical (unpaired) electrons. The van der Waals surface area contributed by atoms with Crippen LogP contribution in [0.5, 0.6) is 0 Å². The van der Waals surface area contributed by atoms with Crippen LogP contribution in [0.3, 0.4) is 0 Å². The van der Waals surface area contributed by atoms with Gasteiger partial charge < -0.3 is 5.32 Å². The van der Waals surface area contributed by atoms with Crippen LogP contribution in [-0.4, -0.2) is 13.1 Å². The lowest BCUT2D eigenvalue weighted by atomic mass is 9.99. The normalized spacial score (nSPS) is 12.4. The summed E-state index contributed by atoms with van der Waals surface area (Å²) in [6.45, 7) is 0. The van der Waals surface area contributed by atoms with Gasteiger partial charge in [0.15, 0.2) is 0 Å². The Balaban J connectivity index is 2.07. The SMILES string of the molecule is CNC(Cc1cccc(F)c1)Cc1ccc(Cl)c(Cl)c1. The standard InChI is InChI=1S/C16H16Cl2FN/c1-20-14(8-11-3-2-4-13(19)7-11)9-12-5-6-15(17)16(18)10-12/h2-7,10,14,20H,8-9H2,1H3. The second kappa shape index (κ2) is 7.07. The lowest BCUT2D eigenvalue weighted by Gasteiger charge is -2.17. The van der Waals surface area contributed by atoms with E-state index < -0.39 is 0 Å². The van der Waals surface area contributed by atoms with Gasteiger partial charge in [-0.15, -0.1) is 0 Å². The minimum Gasteiger partial charge on any atom is -0.316 e. The molecule has 0 heterocycles. The van der Waals surface area contributed by atoms with Gasteiger partial charge in [0.25, 0.3) is 0 Å². The van der Waals surface area contributed by atoms with Crippen LogP contribution in [0, 0.1) is 5.82 Å². The molecule has 0 aliphatic carbocycles. The summed E-state index contributed by atoms with van der Waals surface area (Å²) >= 11 is 11.9. The fourth-order valence-corrected chi connectivity index (χ4v) is 2.50. The van der Waals surface area contributed by atoms with E-state index in [1.807, 2.05) is 25.2 Å². The summed E-state index contributed by atoms with van der Waals surface area (Å²) in [5, 5.41) is 4.37. The third-order valence-electron chi connectivity index (χ3n) is 3.25. The number of halogens is 3. The first-order chi connectivity index (χ1) is 9.58. The van der Waals surface area contributed by atoms with Gasteiger partial charge in [-0.05, 0) is 55.3 Å². The Bertz CT molecular complexity index is 586. The van der Waals surface area contributed by atoms with Gasteiger partial charge in [0, 0.05) is 6.04 Å². The van der Waals surface area contributed by atoms with Gasteiger partial charge in [0.05, 0.1) is 10.0 Å². The Morgan fingerprint density at radius 1 is 1.00 bits per heavy atom. The van der Waals surface area contributed by atoms with Gasteiger partial charge >= 0.3 is 0 Å². The molecule has 0 bridgehead atoms. The van der Waals surface area contributed by atoms with Crippen LogP contribution in [0.15, 0.2) is 42.5 Å². The summed E-state index contributed by atoms with van der Waals surface area (Å²) in [7, 11) is 1.90. The molecular weight excluding hydrogens is 296 g/mol. The van der Waals surface area contributed by atoms with Crippen molar-refractivity contribution < 1.29 is 4.39 Å². The second-order valence-electron chi connectivity index (χ2n) is 4.77. The van der Waals surface area contributed by atoms with Crippen molar-refractivity contribution in [1.82, 2.24) is 5.32 Å². The van der Waals surface area contributed by atoms with Crippen molar-refractivity contribution in [2.45, 2.75) is 18.9 Å². The lowest BCUT2D eigenvalue weighted by Crippen LogP contribution is -2.29. The summed E-state index contributed by atoms with van der Waals surface area (Å²) in [6.07, 6.45) is 1.57. The van der Waals surface area contributed by atoms with Gasteiger partial charge in [-0.3, -0.25) is 0 Å². The second-order valence-corrected chi connectivity index (χ2v) is 5.59. The molecule has 0 aliphatic heterocycles. The average molecular weight is 312 g/mol. The number of hydrogen-bond donors (Lipinski definition) is 1. The monoisotopic (exact) mass is 311 g/mol. The average Bonchev–Trinajstić information content (AvgIpc) is 2.42. The molecule has 1 atom stereocenters. The smallest absolute Gasteiger partial charge is 0.123 e. The van der Waals surface area contributed by atoms with E-state index in [9.17, 15) is 4.39 Å². The summed E-state index contributed by atoms with van der Waals surface area (Å²) in [6, 6.07) is 12.5. The molecule has 1 N–H and O–H groups in total. The highest BCUT2D eigenvalue weighted by Gasteiger charge is 2.10. The van der Waals surface area contributed by atoms with E-state index in [1.54, 1.807) is 18.2 Å². The van der Waals surface area contributed by atoms with Crippen LogP contribution in [0.25, 0.3) is 0 Å². The first-order valence-electron chi connectivity index (χ1n) is 6.44. The third-order valence-corrected chi connectivity index (χ3v) is 3.98. The summed E-state index contributed by atoms with van der Waals surface area (Å²) in [4.78, 5) is 0. The zero-order valence-corrected chi connectivity index (χ0v) is 12.7. The highest BCUT2D eigenvalue weighted by molar-refractivity contribution is 6.42. The van der Waals surface area contributed by atoms with E-state index in [1.165, 1.54) is 6.07 Å². The maximum absolute atomic E-state index is 13.2. The number of likely N-dealkylation sites (N-methyl/N-ethyl adjacent to an activating group) is 1. The molecule has 4 heteroatoms. The van der Waals surface area contributed by atoms with Crippen LogP contribution in [0.2, 0.25) is 10.0 Å². The predicted octanol–water partition coefficient (Wildman–Crippen LogP) is 4.51. The molecule has 0 aliphatic rings. The van der Waals surface area contributed by atoms with E-state index in [0.29, 0.717) is 10.0 Å². The molecule has 20 heavy (non-hydrogen) atoms. The minimum absolute atomic E-state index is 0.202. The Morgan fingerprint density at radius 3 is 2.30 bits per heavy atom. The zero-order valence-electron chi connectivity index (χ0n) is 11.2. The fraction of sp³-hybridized carbons (Fsp3) is 0.250. The highest BCUT2D eigenvalue weighted by Crippen LogP contribution is 2.23. The minimum atomic E-state index is -0.202. The van der Waals surface area contributed by atoms with E-state index in [-0.39, 0.29) is 11.9 Å². The summed E-state index contributed by atoms with van der Waals surface area (Å²) in [5.74, 6) is -0.202. The van der Waals surface area contributed by atoms with Crippen molar-refractivity contribution in [1.29, 1.82) is 0 Å². The molecule has 1 unspecified atom stereocenters. The number of benzene rings is 2. The Morgan fingerprint density at radius 2 is 1.70 bits per heavy atom. The molecule has 0 saturated carbocycles. The molecule has 2 aromatic rings. The maximum Gasteiger partial charge on any atom is 0.123 e. The van der Waals surface area contributed by atoms with Gasteiger partial charge in [-0.25, -0.2) is 4.39 Å². The summed E-state index contributed by atoms with van der Waals surface area (Å²) < 4.78 is 13.2. The molecule has 0 saturated heterocycles. The van der Waals surface area contributed by atoms with Crippen LogP contribution in [0.1, 0.15) is 11.1 Å². The molecule has 0 aromatic heterocycles. The van der Waals surface area contributed by atoms with Crippen LogP contribution >= 0.6 is 23.2 Å². The molecule has 1 nitrogen and oxygen atoms in total. The molecule has 0 fully saturated rings. The quantitative estimate of drug-likeness (QED) is 0.857. The number of rotatable bonds is 5. The third kappa shape index (κ3) is 4.20. The topological polar surface area (TPSA) is 12.0 Å². The fourth-order valence-electron chi connectivity index (χ4n) is 2.18. The zero-order chi connectivity index (χ0) is 14.5. The van der Waals surface area contributed by atoms with Gasteiger partial charge in [0.1, 0.15) is 5.82 Å². The Hall–Kier alpha value is -1.09. The van der Waals surface area contributed by atoms with Gasteiger partial charge in [0.2, 0.25) is 0 Å². The Kier molecular flexibility index (Phi) is 5.41. The molecule has 0 amide bonds. The largest absolute Gasteiger partial charge is 0.316 e. The molecule has 2 rings (SSSR count). The van der Waals surface area contributed by atoms with E-state index in [4.69, 9.17) is 23.2 Å². The van der Waals surface area contributed by atoms with E-state index >= 15 is 0 Å². The lowest BCUT2D eigenvalue weighted by molar-refractivity contribution is 0.553. The summed E-state index contributed by atoms with van der Waals surface area (Å²) in [5.41, 5.74) is 2.08. The van der Waals surface area contributed by atoms with Gasteiger partial charge in [-0.2, -0.15) is 0 Å². The van der Waals surface area contributed by atoms with Crippen molar-refractivity contribution in [2.75, 3.05) is 7.05 Å².